The van der Waals surface area contributed by atoms with Crippen LogP contribution in [-0.2, 0) is 6.54 Å². The molecule has 110 valence electrons. The molecule has 0 aliphatic heterocycles. The Kier molecular flexibility index (Phi) is 5.61. The molecular weight excluding hydrogens is 375 g/mol. The standard InChI is InChI=1S/C17H19IN2O/c1-2-11-20(12-14-5-3-4-6-16(14)19)17(21)13-7-9-15(18)10-8-13/h3-10H,2,11-12,19H2,1H3. The zero-order valence-electron chi connectivity index (χ0n) is 12.1. The van der Waals surface area contributed by atoms with Crippen LogP contribution in [-0.4, -0.2) is 17.4 Å². The second kappa shape index (κ2) is 7.45. The first-order chi connectivity index (χ1) is 10.1. The lowest BCUT2D eigenvalue weighted by Crippen LogP contribution is -2.31. The second-order valence-corrected chi connectivity index (χ2v) is 6.18. The van der Waals surface area contributed by atoms with Crippen LogP contribution < -0.4 is 5.73 Å². The molecule has 0 heterocycles. The number of carbonyl (C=O) groups excluding carboxylic acids is 1. The molecule has 0 spiro atoms. The molecule has 0 aliphatic rings. The lowest BCUT2D eigenvalue weighted by atomic mass is 10.1. The van der Waals surface area contributed by atoms with Crippen molar-refractivity contribution in [3.63, 3.8) is 0 Å². The molecule has 0 saturated heterocycles. The number of hydrogen-bond donors (Lipinski definition) is 1. The van der Waals surface area contributed by atoms with E-state index in [9.17, 15) is 4.79 Å². The first kappa shape index (κ1) is 15.8. The zero-order valence-corrected chi connectivity index (χ0v) is 14.2. The van der Waals surface area contributed by atoms with Crippen molar-refractivity contribution in [3.05, 3.63) is 63.2 Å². The fourth-order valence-corrected chi connectivity index (χ4v) is 2.54. The van der Waals surface area contributed by atoms with Crippen molar-refractivity contribution in [1.82, 2.24) is 4.90 Å². The number of nitrogens with two attached hydrogens (primary N) is 1. The smallest absolute Gasteiger partial charge is 0.254 e. The molecule has 0 aromatic heterocycles. The van der Waals surface area contributed by atoms with E-state index >= 15 is 0 Å². The summed E-state index contributed by atoms with van der Waals surface area (Å²) in [6.45, 7) is 3.34. The van der Waals surface area contributed by atoms with E-state index in [-0.39, 0.29) is 5.91 Å². The Labute approximate surface area is 139 Å². The fourth-order valence-electron chi connectivity index (χ4n) is 2.18. The molecule has 0 aliphatic carbocycles. The Hall–Kier alpha value is -1.56. The van der Waals surface area contributed by atoms with Crippen molar-refractivity contribution < 1.29 is 4.79 Å². The van der Waals surface area contributed by atoms with E-state index in [1.54, 1.807) is 0 Å². The average Bonchev–Trinajstić information content (AvgIpc) is 2.49. The van der Waals surface area contributed by atoms with Gasteiger partial charge in [0.25, 0.3) is 5.91 Å². The molecule has 0 radical (unpaired) electrons. The average molecular weight is 394 g/mol. The van der Waals surface area contributed by atoms with Gasteiger partial charge in [0.15, 0.2) is 0 Å². The quantitative estimate of drug-likeness (QED) is 0.617. The van der Waals surface area contributed by atoms with Gasteiger partial charge in [-0.2, -0.15) is 0 Å². The van der Waals surface area contributed by atoms with Crippen LogP contribution in [0.4, 0.5) is 5.69 Å². The summed E-state index contributed by atoms with van der Waals surface area (Å²) in [4.78, 5) is 14.5. The highest BCUT2D eigenvalue weighted by atomic mass is 127. The number of benzene rings is 2. The number of nitrogens with zero attached hydrogens (tertiary/aromatic N) is 1. The lowest BCUT2D eigenvalue weighted by molar-refractivity contribution is 0.0743. The molecule has 0 unspecified atom stereocenters. The first-order valence-electron chi connectivity index (χ1n) is 7.00. The largest absolute Gasteiger partial charge is 0.398 e. The minimum atomic E-state index is 0.0523. The molecule has 0 bridgehead atoms. The highest BCUT2D eigenvalue weighted by Gasteiger charge is 2.16. The Balaban J connectivity index is 2.20. The highest BCUT2D eigenvalue weighted by Crippen LogP contribution is 2.16. The molecule has 2 N–H and O–H groups in total. The maximum atomic E-state index is 12.6. The van der Waals surface area contributed by atoms with Crippen molar-refractivity contribution >= 4 is 34.2 Å². The van der Waals surface area contributed by atoms with Crippen LogP contribution in [0.3, 0.4) is 0 Å². The van der Waals surface area contributed by atoms with Gasteiger partial charge in [0.05, 0.1) is 0 Å². The molecule has 3 nitrogen and oxygen atoms in total. The van der Waals surface area contributed by atoms with Crippen LogP contribution in [0.15, 0.2) is 48.5 Å². The van der Waals surface area contributed by atoms with Gasteiger partial charge in [0, 0.05) is 27.9 Å². The van der Waals surface area contributed by atoms with Gasteiger partial charge in [-0.3, -0.25) is 4.79 Å². The van der Waals surface area contributed by atoms with Crippen molar-refractivity contribution in [3.8, 4) is 0 Å². The van der Waals surface area contributed by atoms with Crippen LogP contribution in [0, 0.1) is 3.57 Å². The van der Waals surface area contributed by atoms with E-state index in [1.165, 1.54) is 0 Å². The van der Waals surface area contributed by atoms with E-state index in [4.69, 9.17) is 5.73 Å². The van der Waals surface area contributed by atoms with Gasteiger partial charge in [-0.25, -0.2) is 0 Å². The summed E-state index contributed by atoms with van der Waals surface area (Å²) in [5, 5.41) is 0. The van der Waals surface area contributed by atoms with E-state index in [2.05, 4.69) is 29.5 Å². The molecule has 2 aromatic rings. The summed E-state index contributed by atoms with van der Waals surface area (Å²) in [5.74, 6) is 0.0523. The number of nitrogen functional groups attached to an aromatic ring is 1. The molecular formula is C17H19IN2O. The topological polar surface area (TPSA) is 46.3 Å². The summed E-state index contributed by atoms with van der Waals surface area (Å²) in [6, 6.07) is 15.4. The van der Waals surface area contributed by atoms with Gasteiger partial charge in [0.1, 0.15) is 0 Å². The van der Waals surface area contributed by atoms with Crippen LogP contribution >= 0.6 is 22.6 Å². The normalized spacial score (nSPS) is 10.4. The van der Waals surface area contributed by atoms with Gasteiger partial charge < -0.3 is 10.6 Å². The Morgan fingerprint density at radius 1 is 1.14 bits per heavy atom. The number of carbonyl (C=O) groups is 1. The van der Waals surface area contributed by atoms with E-state index in [0.29, 0.717) is 6.54 Å². The molecule has 4 heteroatoms. The van der Waals surface area contributed by atoms with Crippen LogP contribution in [0.1, 0.15) is 29.3 Å². The predicted molar refractivity (Wildman–Crippen MR) is 95.0 cm³/mol. The summed E-state index contributed by atoms with van der Waals surface area (Å²) >= 11 is 2.24. The van der Waals surface area contributed by atoms with Crippen molar-refractivity contribution in [2.45, 2.75) is 19.9 Å². The van der Waals surface area contributed by atoms with Crippen molar-refractivity contribution in [1.29, 1.82) is 0 Å². The summed E-state index contributed by atoms with van der Waals surface area (Å²) in [6.07, 6.45) is 0.919. The Morgan fingerprint density at radius 3 is 2.43 bits per heavy atom. The van der Waals surface area contributed by atoms with Gasteiger partial charge in [-0.1, -0.05) is 25.1 Å². The van der Waals surface area contributed by atoms with Gasteiger partial charge in [0.2, 0.25) is 0 Å². The van der Waals surface area contributed by atoms with Gasteiger partial charge >= 0.3 is 0 Å². The third-order valence-electron chi connectivity index (χ3n) is 3.29. The molecule has 0 fully saturated rings. The maximum absolute atomic E-state index is 12.6. The number of halogens is 1. The van der Waals surface area contributed by atoms with Crippen LogP contribution in [0.25, 0.3) is 0 Å². The van der Waals surface area contributed by atoms with Crippen LogP contribution in [0.5, 0.6) is 0 Å². The SMILES string of the molecule is CCCN(Cc1ccccc1N)C(=O)c1ccc(I)cc1. The molecule has 2 aromatic carbocycles. The van der Waals surface area contributed by atoms with E-state index in [0.717, 1.165) is 33.4 Å². The summed E-state index contributed by atoms with van der Waals surface area (Å²) < 4.78 is 1.12. The van der Waals surface area contributed by atoms with Gasteiger partial charge in [-0.15, -0.1) is 0 Å². The lowest BCUT2D eigenvalue weighted by Gasteiger charge is -2.23. The molecule has 0 atom stereocenters. The number of rotatable bonds is 5. The number of anilines is 1. The van der Waals surface area contributed by atoms with Crippen LogP contribution in [0.2, 0.25) is 0 Å². The maximum Gasteiger partial charge on any atom is 0.254 e. The Morgan fingerprint density at radius 2 is 1.81 bits per heavy atom. The van der Waals surface area contributed by atoms with E-state index < -0.39 is 0 Å². The monoisotopic (exact) mass is 394 g/mol. The highest BCUT2D eigenvalue weighted by molar-refractivity contribution is 14.1. The third-order valence-corrected chi connectivity index (χ3v) is 4.01. The minimum Gasteiger partial charge on any atom is -0.398 e. The Bertz CT molecular complexity index is 610. The van der Waals surface area contributed by atoms with Crippen molar-refractivity contribution in [2.75, 3.05) is 12.3 Å². The van der Waals surface area contributed by atoms with Gasteiger partial charge in [-0.05, 0) is 64.9 Å². The number of hydrogen-bond acceptors (Lipinski definition) is 2. The number of amides is 1. The fraction of sp³-hybridized carbons (Fsp3) is 0.235. The van der Waals surface area contributed by atoms with E-state index in [1.807, 2.05) is 53.4 Å². The minimum absolute atomic E-state index is 0.0523. The summed E-state index contributed by atoms with van der Waals surface area (Å²) in [5.41, 5.74) is 8.43. The first-order valence-corrected chi connectivity index (χ1v) is 8.08. The predicted octanol–water partition coefficient (Wildman–Crippen LogP) is 3.93. The molecule has 2 rings (SSSR count). The van der Waals surface area contributed by atoms with Crippen molar-refractivity contribution in [2.24, 2.45) is 0 Å². The molecule has 1 amide bonds. The second-order valence-electron chi connectivity index (χ2n) is 4.93. The number of para-hydroxylation sites is 1. The molecule has 21 heavy (non-hydrogen) atoms. The summed E-state index contributed by atoms with van der Waals surface area (Å²) in [7, 11) is 0. The third kappa shape index (κ3) is 4.20. The zero-order chi connectivity index (χ0) is 15.2. The molecule has 0 saturated carbocycles.